The van der Waals surface area contributed by atoms with Crippen molar-refractivity contribution in [2.75, 3.05) is 13.6 Å². The van der Waals surface area contributed by atoms with Crippen molar-refractivity contribution in [1.82, 2.24) is 14.8 Å². The Morgan fingerprint density at radius 2 is 2.15 bits per heavy atom. The van der Waals surface area contributed by atoms with E-state index in [1.165, 1.54) is 17.0 Å². The Hall–Kier alpha value is -2.47. The average molecular weight is 376 g/mol. The van der Waals surface area contributed by atoms with Gasteiger partial charge in [0.25, 0.3) is 0 Å². The van der Waals surface area contributed by atoms with Gasteiger partial charge in [0, 0.05) is 43.3 Å². The van der Waals surface area contributed by atoms with Crippen molar-refractivity contribution in [3.63, 3.8) is 0 Å². The lowest BCUT2D eigenvalue weighted by atomic mass is 10.1. The number of hydrogen-bond donors (Lipinski definition) is 0. The van der Waals surface area contributed by atoms with Crippen LogP contribution >= 0.6 is 11.6 Å². The summed E-state index contributed by atoms with van der Waals surface area (Å²) in [6.45, 7) is 0.783. The maximum atomic E-state index is 13.9. The van der Waals surface area contributed by atoms with Crippen LogP contribution < -0.4 is 0 Å². The number of halogens is 2. The molecule has 3 rings (SSSR count). The zero-order valence-corrected chi connectivity index (χ0v) is 15.1. The second kappa shape index (κ2) is 7.83. The van der Waals surface area contributed by atoms with Gasteiger partial charge in [0.05, 0.1) is 18.2 Å². The SMILES string of the molecule is CN(Cc1c(F)cccc1Cl)C(=O)[C@H]1CC(=O)N(Cc2ccccn2)C1. The summed E-state index contributed by atoms with van der Waals surface area (Å²) in [5, 5.41) is 0.281. The molecule has 1 aliphatic heterocycles. The lowest BCUT2D eigenvalue weighted by Gasteiger charge is -2.22. The number of likely N-dealkylation sites (tertiary alicyclic amines) is 1. The van der Waals surface area contributed by atoms with Crippen LogP contribution in [0.15, 0.2) is 42.6 Å². The van der Waals surface area contributed by atoms with E-state index < -0.39 is 11.7 Å². The highest BCUT2D eigenvalue weighted by Gasteiger charge is 2.36. The quantitative estimate of drug-likeness (QED) is 0.807. The molecule has 5 nitrogen and oxygen atoms in total. The third kappa shape index (κ3) is 4.02. The first-order chi connectivity index (χ1) is 12.5. The van der Waals surface area contributed by atoms with Crippen molar-refractivity contribution in [2.45, 2.75) is 19.5 Å². The number of hydrogen-bond acceptors (Lipinski definition) is 3. The maximum absolute atomic E-state index is 13.9. The minimum Gasteiger partial charge on any atom is -0.341 e. The molecular formula is C19H19ClFN3O2. The Balaban J connectivity index is 1.64. The molecule has 2 heterocycles. The van der Waals surface area contributed by atoms with Crippen LogP contribution in [0.2, 0.25) is 5.02 Å². The summed E-state index contributed by atoms with van der Waals surface area (Å²) >= 11 is 6.03. The highest BCUT2D eigenvalue weighted by molar-refractivity contribution is 6.31. The minimum atomic E-state index is -0.448. The first kappa shape index (κ1) is 18.3. The van der Waals surface area contributed by atoms with Gasteiger partial charge in [-0.05, 0) is 24.3 Å². The van der Waals surface area contributed by atoms with Crippen LogP contribution in [-0.2, 0) is 22.7 Å². The number of carbonyl (C=O) groups excluding carboxylic acids is 2. The topological polar surface area (TPSA) is 53.5 Å². The number of pyridine rings is 1. The Labute approximate surface area is 156 Å². The van der Waals surface area contributed by atoms with Gasteiger partial charge >= 0.3 is 0 Å². The summed E-state index contributed by atoms with van der Waals surface area (Å²) in [4.78, 5) is 32.2. The van der Waals surface area contributed by atoms with E-state index in [1.807, 2.05) is 18.2 Å². The molecule has 0 bridgehead atoms. The fraction of sp³-hybridized carbons (Fsp3) is 0.316. The van der Waals surface area contributed by atoms with E-state index in [2.05, 4.69) is 4.98 Å². The molecule has 0 radical (unpaired) electrons. The van der Waals surface area contributed by atoms with Gasteiger partial charge in [0.15, 0.2) is 0 Å². The Morgan fingerprint density at radius 3 is 2.85 bits per heavy atom. The van der Waals surface area contributed by atoms with Gasteiger partial charge < -0.3 is 9.80 Å². The van der Waals surface area contributed by atoms with Gasteiger partial charge in [-0.25, -0.2) is 4.39 Å². The van der Waals surface area contributed by atoms with Crippen LogP contribution in [0.4, 0.5) is 4.39 Å². The number of amides is 2. The van der Waals surface area contributed by atoms with Crippen LogP contribution in [0.3, 0.4) is 0 Å². The molecular weight excluding hydrogens is 357 g/mol. The van der Waals surface area contributed by atoms with Crippen LogP contribution in [-0.4, -0.2) is 40.2 Å². The van der Waals surface area contributed by atoms with Crippen LogP contribution in [0.5, 0.6) is 0 Å². The van der Waals surface area contributed by atoms with E-state index in [-0.39, 0.29) is 35.4 Å². The third-order valence-electron chi connectivity index (χ3n) is 4.48. The Kier molecular flexibility index (Phi) is 5.52. The molecule has 1 aromatic heterocycles. The Bertz CT molecular complexity index is 795. The lowest BCUT2D eigenvalue weighted by molar-refractivity contribution is -0.135. The normalized spacial score (nSPS) is 16.8. The highest BCUT2D eigenvalue weighted by Crippen LogP contribution is 2.24. The number of nitrogens with zero attached hydrogens (tertiary/aromatic N) is 3. The van der Waals surface area contributed by atoms with Gasteiger partial charge in [-0.1, -0.05) is 23.7 Å². The van der Waals surface area contributed by atoms with Gasteiger partial charge in [-0.15, -0.1) is 0 Å². The second-order valence-electron chi connectivity index (χ2n) is 6.39. The van der Waals surface area contributed by atoms with Crippen molar-refractivity contribution in [2.24, 2.45) is 5.92 Å². The van der Waals surface area contributed by atoms with Crippen LogP contribution in [0.1, 0.15) is 17.7 Å². The first-order valence-corrected chi connectivity index (χ1v) is 8.69. The summed E-state index contributed by atoms with van der Waals surface area (Å²) in [6, 6.07) is 9.93. The molecule has 2 amide bonds. The molecule has 1 aromatic carbocycles. The standard InChI is InChI=1S/C19H19ClFN3O2/c1-23(12-15-16(20)6-4-7-17(15)21)19(26)13-9-18(25)24(10-13)11-14-5-2-3-8-22-14/h2-8,13H,9-12H2,1H3/t13-/m0/s1. The monoisotopic (exact) mass is 375 g/mol. The van der Waals surface area contributed by atoms with Crippen molar-refractivity contribution in [3.8, 4) is 0 Å². The molecule has 0 saturated carbocycles. The van der Waals surface area contributed by atoms with E-state index in [4.69, 9.17) is 11.6 Å². The summed E-state index contributed by atoms with van der Waals surface area (Å²) in [5.74, 6) is -1.16. The number of aromatic nitrogens is 1. The van der Waals surface area contributed by atoms with Gasteiger partial charge in [-0.3, -0.25) is 14.6 Å². The summed E-state index contributed by atoms with van der Waals surface area (Å²) in [6.07, 6.45) is 1.82. The molecule has 136 valence electrons. The molecule has 1 aliphatic rings. The van der Waals surface area contributed by atoms with Gasteiger partial charge in [0.2, 0.25) is 11.8 Å². The fourth-order valence-electron chi connectivity index (χ4n) is 3.09. The van der Waals surface area contributed by atoms with E-state index in [9.17, 15) is 14.0 Å². The lowest BCUT2D eigenvalue weighted by Crippen LogP contribution is -2.34. The maximum Gasteiger partial charge on any atom is 0.228 e. The summed E-state index contributed by atoms with van der Waals surface area (Å²) < 4.78 is 13.9. The summed E-state index contributed by atoms with van der Waals surface area (Å²) in [7, 11) is 1.59. The molecule has 7 heteroatoms. The smallest absolute Gasteiger partial charge is 0.228 e. The summed E-state index contributed by atoms with van der Waals surface area (Å²) in [5.41, 5.74) is 1.06. The number of benzene rings is 1. The molecule has 2 aromatic rings. The first-order valence-electron chi connectivity index (χ1n) is 8.31. The van der Waals surface area contributed by atoms with E-state index in [0.29, 0.717) is 13.1 Å². The largest absolute Gasteiger partial charge is 0.341 e. The minimum absolute atomic E-state index is 0.0648. The fourth-order valence-corrected chi connectivity index (χ4v) is 3.31. The van der Waals surface area contributed by atoms with Gasteiger partial charge in [-0.2, -0.15) is 0 Å². The van der Waals surface area contributed by atoms with Crippen molar-refractivity contribution in [1.29, 1.82) is 0 Å². The van der Waals surface area contributed by atoms with E-state index in [0.717, 1.165) is 5.69 Å². The van der Waals surface area contributed by atoms with Crippen molar-refractivity contribution >= 4 is 23.4 Å². The van der Waals surface area contributed by atoms with Crippen LogP contribution in [0.25, 0.3) is 0 Å². The molecule has 0 unspecified atom stereocenters. The molecule has 0 N–H and O–H groups in total. The highest BCUT2D eigenvalue weighted by atomic mass is 35.5. The average Bonchev–Trinajstić information content (AvgIpc) is 2.99. The van der Waals surface area contributed by atoms with E-state index >= 15 is 0 Å². The molecule has 1 saturated heterocycles. The molecule has 1 atom stereocenters. The van der Waals surface area contributed by atoms with Crippen LogP contribution in [0, 0.1) is 11.7 Å². The number of rotatable bonds is 5. The predicted molar refractivity (Wildman–Crippen MR) is 95.6 cm³/mol. The molecule has 1 fully saturated rings. The van der Waals surface area contributed by atoms with Crippen molar-refractivity contribution in [3.05, 3.63) is 64.7 Å². The van der Waals surface area contributed by atoms with Gasteiger partial charge in [0.1, 0.15) is 5.82 Å². The molecule has 0 spiro atoms. The third-order valence-corrected chi connectivity index (χ3v) is 4.83. The predicted octanol–water partition coefficient (Wildman–Crippen LogP) is 2.88. The Morgan fingerprint density at radius 1 is 1.35 bits per heavy atom. The molecule has 26 heavy (non-hydrogen) atoms. The van der Waals surface area contributed by atoms with E-state index in [1.54, 1.807) is 24.2 Å². The zero-order valence-electron chi connectivity index (χ0n) is 14.4. The zero-order chi connectivity index (χ0) is 18.7. The second-order valence-corrected chi connectivity index (χ2v) is 6.80. The number of carbonyl (C=O) groups is 2. The van der Waals surface area contributed by atoms with Crippen molar-refractivity contribution < 1.29 is 14.0 Å². The molecule has 0 aliphatic carbocycles.